The molecule has 1 atom stereocenters. The van der Waals surface area contributed by atoms with Crippen LogP contribution in [0.3, 0.4) is 0 Å². The van der Waals surface area contributed by atoms with Gasteiger partial charge in [-0.25, -0.2) is 8.42 Å². The van der Waals surface area contributed by atoms with E-state index in [1.165, 1.54) is 30.1 Å². The van der Waals surface area contributed by atoms with Crippen LogP contribution < -0.4 is 9.62 Å². The number of nitrogens with one attached hydrogen (secondary N) is 1. The average molecular weight is 611 g/mol. The number of amides is 2. The van der Waals surface area contributed by atoms with Crippen LogP contribution in [0.2, 0.25) is 10.0 Å². The van der Waals surface area contributed by atoms with E-state index in [1.54, 1.807) is 60.7 Å². The third kappa shape index (κ3) is 7.47. The van der Waals surface area contributed by atoms with Gasteiger partial charge in [-0.3, -0.25) is 13.9 Å². The van der Waals surface area contributed by atoms with Crippen molar-refractivity contribution < 1.29 is 18.0 Å². The highest BCUT2D eigenvalue weighted by Gasteiger charge is 2.34. The normalized spacial score (nSPS) is 11.9. The molecule has 0 spiro atoms. The summed E-state index contributed by atoms with van der Waals surface area (Å²) in [4.78, 5) is 28.9. The number of sulfonamides is 1. The number of likely N-dealkylation sites (N-methyl/N-ethyl adjacent to an activating group) is 1. The molecule has 0 aliphatic carbocycles. The molecule has 41 heavy (non-hydrogen) atoms. The lowest BCUT2D eigenvalue weighted by Gasteiger charge is -2.33. The molecule has 0 radical (unpaired) electrons. The number of carbonyl (C=O) groups is 2. The molecule has 4 aromatic carbocycles. The summed E-state index contributed by atoms with van der Waals surface area (Å²) in [5.74, 6) is -0.978. The molecule has 0 aliphatic heterocycles. The first kappa shape index (κ1) is 30.1. The summed E-state index contributed by atoms with van der Waals surface area (Å²) >= 11 is 12.7. The monoisotopic (exact) mass is 609 g/mol. The topological polar surface area (TPSA) is 86.8 Å². The van der Waals surface area contributed by atoms with Gasteiger partial charge in [-0.15, -0.1) is 0 Å². The predicted octanol–water partition coefficient (Wildman–Crippen LogP) is 5.57. The molecule has 0 aliphatic rings. The Kier molecular flexibility index (Phi) is 10.0. The molecule has 0 saturated carbocycles. The zero-order chi connectivity index (χ0) is 29.4. The van der Waals surface area contributed by atoms with Crippen LogP contribution in [-0.4, -0.2) is 44.8 Å². The minimum absolute atomic E-state index is 0.00116. The lowest BCUT2D eigenvalue weighted by Crippen LogP contribution is -2.53. The van der Waals surface area contributed by atoms with E-state index in [-0.39, 0.29) is 34.5 Å². The number of hydrogen-bond acceptors (Lipinski definition) is 4. The number of benzene rings is 4. The van der Waals surface area contributed by atoms with Crippen molar-refractivity contribution in [3.63, 3.8) is 0 Å². The van der Waals surface area contributed by atoms with E-state index in [9.17, 15) is 18.0 Å². The molecule has 4 aromatic rings. The maximum Gasteiger partial charge on any atom is 0.264 e. The number of nitrogens with zero attached hydrogens (tertiary/aromatic N) is 2. The van der Waals surface area contributed by atoms with Crippen LogP contribution in [0, 0.1) is 0 Å². The SMILES string of the molecule is CNC(=O)[C@H](Cc1ccccc1)N(Cc1cccc(Cl)c1)C(=O)CN(c1ccccc1Cl)S(=O)(=O)c1ccccc1. The molecular weight excluding hydrogens is 581 g/mol. The van der Waals surface area contributed by atoms with Gasteiger partial charge < -0.3 is 10.2 Å². The fraction of sp³-hybridized carbons (Fsp3) is 0.161. The molecule has 0 fully saturated rings. The van der Waals surface area contributed by atoms with Crippen LogP contribution in [0.4, 0.5) is 5.69 Å². The van der Waals surface area contributed by atoms with Gasteiger partial charge in [0.05, 0.1) is 15.6 Å². The fourth-order valence-corrected chi connectivity index (χ4v) is 6.39. The Morgan fingerprint density at radius 1 is 0.805 bits per heavy atom. The fourth-order valence-electron chi connectivity index (χ4n) is 4.44. The number of anilines is 1. The summed E-state index contributed by atoms with van der Waals surface area (Å²) in [5, 5.41) is 3.29. The number of rotatable bonds is 11. The van der Waals surface area contributed by atoms with Crippen LogP contribution in [0.1, 0.15) is 11.1 Å². The van der Waals surface area contributed by atoms with Gasteiger partial charge in [0.25, 0.3) is 10.0 Å². The maximum atomic E-state index is 14.2. The van der Waals surface area contributed by atoms with E-state index in [4.69, 9.17) is 23.2 Å². The smallest absolute Gasteiger partial charge is 0.264 e. The Morgan fingerprint density at radius 2 is 1.41 bits per heavy atom. The van der Waals surface area contributed by atoms with Crippen LogP contribution in [0.15, 0.2) is 114 Å². The Balaban J connectivity index is 1.79. The molecule has 2 amide bonds. The zero-order valence-electron chi connectivity index (χ0n) is 22.3. The second-order valence-electron chi connectivity index (χ2n) is 9.25. The van der Waals surface area contributed by atoms with Crippen molar-refractivity contribution in [1.82, 2.24) is 10.2 Å². The van der Waals surface area contributed by atoms with Crippen molar-refractivity contribution in [2.24, 2.45) is 0 Å². The van der Waals surface area contributed by atoms with Crippen LogP contribution in [-0.2, 0) is 32.6 Å². The van der Waals surface area contributed by atoms with E-state index in [1.807, 2.05) is 30.3 Å². The van der Waals surface area contributed by atoms with Gasteiger partial charge >= 0.3 is 0 Å². The first-order valence-electron chi connectivity index (χ1n) is 12.8. The number of halogens is 2. The molecule has 0 bridgehead atoms. The first-order chi connectivity index (χ1) is 19.7. The van der Waals surface area contributed by atoms with E-state index in [2.05, 4.69) is 5.32 Å². The summed E-state index contributed by atoms with van der Waals surface area (Å²) in [6.07, 6.45) is 0.213. The molecule has 0 unspecified atom stereocenters. The van der Waals surface area contributed by atoms with Gasteiger partial charge in [-0.05, 0) is 47.5 Å². The Labute approximate surface area is 250 Å². The quantitative estimate of drug-likeness (QED) is 0.241. The highest BCUT2D eigenvalue weighted by Crippen LogP contribution is 2.31. The van der Waals surface area contributed by atoms with Crippen molar-refractivity contribution in [2.75, 3.05) is 17.9 Å². The van der Waals surface area contributed by atoms with E-state index < -0.39 is 28.5 Å². The molecular formula is C31H29Cl2N3O4S. The van der Waals surface area contributed by atoms with Gasteiger partial charge in [-0.2, -0.15) is 0 Å². The Hall–Kier alpha value is -3.85. The summed E-state index contributed by atoms with van der Waals surface area (Å²) in [5.41, 5.74) is 1.67. The zero-order valence-corrected chi connectivity index (χ0v) is 24.6. The molecule has 10 heteroatoms. The number of para-hydroxylation sites is 1. The highest BCUT2D eigenvalue weighted by molar-refractivity contribution is 7.92. The Morgan fingerprint density at radius 3 is 2.05 bits per heavy atom. The molecule has 7 nitrogen and oxygen atoms in total. The van der Waals surface area contributed by atoms with Crippen molar-refractivity contribution in [3.05, 3.63) is 130 Å². The summed E-state index contributed by atoms with van der Waals surface area (Å²) < 4.78 is 28.8. The van der Waals surface area contributed by atoms with Crippen LogP contribution in [0.25, 0.3) is 0 Å². The van der Waals surface area contributed by atoms with Gasteiger partial charge in [0, 0.05) is 25.0 Å². The minimum Gasteiger partial charge on any atom is -0.357 e. The van der Waals surface area contributed by atoms with E-state index in [0.717, 1.165) is 9.87 Å². The lowest BCUT2D eigenvalue weighted by molar-refractivity contribution is -0.139. The van der Waals surface area contributed by atoms with Crippen molar-refractivity contribution in [3.8, 4) is 0 Å². The van der Waals surface area contributed by atoms with Crippen molar-refractivity contribution >= 4 is 50.7 Å². The third-order valence-electron chi connectivity index (χ3n) is 6.49. The summed E-state index contributed by atoms with van der Waals surface area (Å²) in [6, 6.07) is 29.6. The highest BCUT2D eigenvalue weighted by atomic mass is 35.5. The molecule has 0 saturated heterocycles. The second kappa shape index (κ2) is 13.7. The van der Waals surface area contributed by atoms with E-state index in [0.29, 0.717) is 10.6 Å². The van der Waals surface area contributed by atoms with Gasteiger partial charge in [0.2, 0.25) is 11.8 Å². The lowest BCUT2D eigenvalue weighted by atomic mass is 10.0. The van der Waals surface area contributed by atoms with E-state index >= 15 is 0 Å². The average Bonchev–Trinajstić information content (AvgIpc) is 2.98. The molecule has 212 valence electrons. The molecule has 4 rings (SSSR count). The van der Waals surface area contributed by atoms with Crippen LogP contribution in [0.5, 0.6) is 0 Å². The van der Waals surface area contributed by atoms with Crippen molar-refractivity contribution in [1.29, 1.82) is 0 Å². The standard InChI is InChI=1S/C31H29Cl2N3O4S/c1-34-31(38)29(20-23-11-4-2-5-12-23)35(21-24-13-10-14-25(32)19-24)30(37)22-36(28-18-9-8-17-27(28)33)41(39,40)26-15-6-3-7-16-26/h2-19,29H,20-22H2,1H3,(H,34,38)/t29-/m0/s1. The largest absolute Gasteiger partial charge is 0.357 e. The minimum atomic E-state index is -4.22. The van der Waals surface area contributed by atoms with Crippen LogP contribution >= 0.6 is 23.2 Å². The summed E-state index contributed by atoms with van der Waals surface area (Å²) in [7, 11) is -2.72. The summed E-state index contributed by atoms with van der Waals surface area (Å²) in [6.45, 7) is -0.574. The van der Waals surface area contributed by atoms with Gasteiger partial charge in [-0.1, -0.05) is 96.0 Å². The third-order valence-corrected chi connectivity index (χ3v) is 8.82. The van der Waals surface area contributed by atoms with Gasteiger partial charge in [0.15, 0.2) is 0 Å². The predicted molar refractivity (Wildman–Crippen MR) is 162 cm³/mol. The number of hydrogen-bond donors (Lipinski definition) is 1. The number of carbonyl (C=O) groups excluding carboxylic acids is 2. The van der Waals surface area contributed by atoms with Crippen molar-refractivity contribution in [2.45, 2.75) is 23.9 Å². The molecule has 0 aromatic heterocycles. The van der Waals surface area contributed by atoms with Gasteiger partial charge in [0.1, 0.15) is 12.6 Å². The Bertz CT molecular complexity index is 1600. The molecule has 1 N–H and O–H groups in total. The second-order valence-corrected chi connectivity index (χ2v) is 12.0. The molecule has 0 heterocycles. The first-order valence-corrected chi connectivity index (χ1v) is 15.0. The maximum absolute atomic E-state index is 14.2.